The summed E-state index contributed by atoms with van der Waals surface area (Å²) < 4.78 is 17.9. The van der Waals surface area contributed by atoms with E-state index in [0.29, 0.717) is 16.6 Å². The van der Waals surface area contributed by atoms with Crippen molar-refractivity contribution in [3.63, 3.8) is 0 Å². The van der Waals surface area contributed by atoms with Gasteiger partial charge < -0.3 is 24.8 Å². The van der Waals surface area contributed by atoms with Gasteiger partial charge in [-0.3, -0.25) is 0 Å². The number of halogens is 2. The fraction of sp³-hybridized carbons (Fsp3) is 0.0667. The molecule has 0 bridgehead atoms. The minimum absolute atomic E-state index is 0. The van der Waals surface area contributed by atoms with Gasteiger partial charge in [0.25, 0.3) is 0 Å². The first-order chi connectivity index (χ1) is 9.49. The molecule has 0 radical (unpaired) electrons. The van der Waals surface area contributed by atoms with Crippen LogP contribution in [0.2, 0.25) is 0 Å². The molecule has 1 aromatic carbocycles. The van der Waals surface area contributed by atoms with Crippen molar-refractivity contribution in [3.8, 4) is 0 Å². The average Bonchev–Trinajstić information content (AvgIpc) is 2.95. The quantitative estimate of drug-likeness (QED) is 0.554. The first-order valence-electron chi connectivity index (χ1n) is 6.11. The van der Waals surface area contributed by atoms with Crippen LogP contribution >= 0.6 is 7.60 Å². The van der Waals surface area contributed by atoms with Crippen molar-refractivity contribution < 1.29 is 63.5 Å². The number of hydrogen-bond acceptors (Lipinski definition) is 2. The van der Waals surface area contributed by atoms with Crippen molar-refractivity contribution in [2.24, 2.45) is 0 Å². The number of benzene rings is 1. The van der Waals surface area contributed by atoms with E-state index in [1.165, 1.54) is 24.7 Å². The molecule has 1 N–H and O–H groups in total. The maximum absolute atomic E-state index is 12.6. The van der Waals surface area contributed by atoms with E-state index in [1.807, 2.05) is 24.3 Å². The van der Waals surface area contributed by atoms with E-state index in [1.54, 1.807) is 24.3 Å². The monoisotopic (exact) mass is 431 g/mol. The Labute approximate surface area is 157 Å². The standard InChI is InChI=1S/C15H12O3P.2ClH.Zr/c1-11-5-4-8-15(11)18-19(16,17)14-9-12-6-2-3-7-13(12)10-14;;;/h2-10H,1H2,(H,16,17);2*1H;/q;;;+2/p-2. The largest absolute Gasteiger partial charge is 1.00 e. The summed E-state index contributed by atoms with van der Waals surface area (Å²) in [5.41, 5.74) is 2.71. The summed E-state index contributed by atoms with van der Waals surface area (Å²) in [6, 6.07) is 7.82. The second-order valence-corrected chi connectivity index (χ2v) is 7.82. The number of allylic oxidation sites excluding steroid dienone is 4. The van der Waals surface area contributed by atoms with Crippen molar-refractivity contribution in [1.82, 2.24) is 0 Å². The number of hydrogen-bond donors (Lipinski definition) is 1. The van der Waals surface area contributed by atoms with Crippen LogP contribution in [0.15, 0.2) is 65.7 Å². The molecule has 0 aromatic heterocycles. The van der Waals surface area contributed by atoms with Gasteiger partial charge in [0.05, 0.1) is 0 Å². The minimum Gasteiger partial charge on any atom is -1.00 e. The van der Waals surface area contributed by atoms with E-state index in [0.717, 1.165) is 11.1 Å². The molecule has 2 aliphatic rings. The van der Waals surface area contributed by atoms with Gasteiger partial charge in [0, 0.05) is 0 Å². The van der Waals surface area contributed by atoms with Gasteiger partial charge in [-0.1, -0.05) is 0 Å². The smallest absolute Gasteiger partial charge is 1.00 e. The third-order valence-electron chi connectivity index (χ3n) is 3.32. The molecule has 0 aliphatic heterocycles. The van der Waals surface area contributed by atoms with Crippen molar-refractivity contribution in [3.05, 3.63) is 76.8 Å². The fourth-order valence-corrected chi connectivity index (χ4v) is 5.64. The van der Waals surface area contributed by atoms with E-state index < -0.39 is 7.60 Å². The predicted molar refractivity (Wildman–Crippen MR) is 74.4 cm³/mol. The fourth-order valence-electron chi connectivity index (χ4n) is 2.27. The molecule has 22 heavy (non-hydrogen) atoms. The molecule has 0 fully saturated rings. The maximum Gasteiger partial charge on any atom is -1.00 e. The molecule has 1 aromatic rings. The van der Waals surface area contributed by atoms with Gasteiger partial charge in [0.15, 0.2) is 0 Å². The minimum atomic E-state index is -3.85. The Bertz CT molecular complexity index is 740. The van der Waals surface area contributed by atoms with Gasteiger partial charge >= 0.3 is 133 Å². The van der Waals surface area contributed by atoms with E-state index >= 15 is 0 Å². The molecule has 3 rings (SSSR count). The second kappa shape index (κ2) is 7.47. The predicted octanol–water partition coefficient (Wildman–Crippen LogP) is -2.15. The Balaban J connectivity index is 0.00000121. The molecule has 113 valence electrons. The summed E-state index contributed by atoms with van der Waals surface area (Å²) in [5, 5.41) is 0.470. The van der Waals surface area contributed by atoms with Gasteiger partial charge in [-0.15, -0.1) is 0 Å². The second-order valence-electron chi connectivity index (χ2n) is 4.66. The van der Waals surface area contributed by atoms with Crippen molar-refractivity contribution in [1.29, 1.82) is 0 Å². The third kappa shape index (κ3) is 3.58. The number of rotatable bonds is 3. The van der Waals surface area contributed by atoms with Crippen LogP contribution in [0.5, 0.6) is 0 Å². The van der Waals surface area contributed by atoms with Crippen LogP contribution in [0.4, 0.5) is 0 Å². The zero-order chi connectivity index (χ0) is 14.3. The summed E-state index contributed by atoms with van der Waals surface area (Å²) in [7, 11) is -3.85. The van der Waals surface area contributed by atoms with E-state index in [9.17, 15) is 9.46 Å². The van der Waals surface area contributed by atoms with Gasteiger partial charge in [0.2, 0.25) is 0 Å². The maximum atomic E-state index is 12.6. The molecule has 3 nitrogen and oxygen atoms in total. The van der Waals surface area contributed by atoms with E-state index in [4.69, 9.17) is 4.52 Å². The third-order valence-corrected chi connectivity index (χ3v) is 6.93. The normalized spacial score (nSPS) is 21.0. The molecule has 0 heterocycles. The molecule has 2 atom stereocenters. The zero-order valence-corrected chi connectivity index (χ0v) is 16.2. The van der Waals surface area contributed by atoms with E-state index in [-0.39, 0.29) is 28.4 Å². The molecule has 0 spiro atoms. The SMILES string of the molecule is C=C1C=CC=C1OP(=O)(O)C1=Cc2ccccc2[CH]1[Zr+2].[Cl-].[Cl-]. The van der Waals surface area contributed by atoms with Crippen LogP contribution in [0.3, 0.4) is 0 Å². The van der Waals surface area contributed by atoms with Crippen molar-refractivity contribution in [2.75, 3.05) is 0 Å². The summed E-state index contributed by atoms with van der Waals surface area (Å²) in [5.74, 6) is 0.371. The molecular weight excluding hydrogens is 421 g/mol. The van der Waals surface area contributed by atoms with Gasteiger partial charge in [-0.25, -0.2) is 0 Å². The Kier molecular flexibility index (Phi) is 6.68. The summed E-state index contributed by atoms with van der Waals surface area (Å²) in [4.78, 5) is 10.3. The molecule has 0 amide bonds. The summed E-state index contributed by atoms with van der Waals surface area (Å²) in [6.07, 6.45) is 6.94. The molecule has 0 saturated heterocycles. The summed E-state index contributed by atoms with van der Waals surface area (Å²) in [6.45, 7) is 3.78. The Morgan fingerprint density at radius 1 is 1.27 bits per heavy atom. The van der Waals surface area contributed by atoms with E-state index in [2.05, 4.69) is 6.58 Å². The van der Waals surface area contributed by atoms with Crippen molar-refractivity contribution in [2.45, 2.75) is 3.63 Å². The first-order valence-corrected chi connectivity index (χ1v) is 9.11. The molecule has 2 unspecified atom stereocenters. The van der Waals surface area contributed by atoms with Crippen molar-refractivity contribution >= 4 is 13.7 Å². The summed E-state index contributed by atoms with van der Waals surface area (Å²) >= 11 is 1.17. The van der Waals surface area contributed by atoms with Crippen LogP contribution in [0, 0.1) is 0 Å². The van der Waals surface area contributed by atoms with Crippen LogP contribution in [-0.2, 0) is 33.8 Å². The topological polar surface area (TPSA) is 46.5 Å². The molecular formula is C15H12Cl2O3PZr. The number of fused-ring (bicyclic) bond motifs is 1. The van der Waals surface area contributed by atoms with Gasteiger partial charge in [-0.05, 0) is 0 Å². The zero-order valence-electron chi connectivity index (χ0n) is 11.4. The Morgan fingerprint density at radius 3 is 2.55 bits per heavy atom. The van der Waals surface area contributed by atoms with Gasteiger partial charge in [0.1, 0.15) is 0 Å². The molecule has 0 saturated carbocycles. The van der Waals surface area contributed by atoms with Gasteiger partial charge in [-0.2, -0.15) is 0 Å². The first kappa shape index (κ1) is 19.7. The molecule has 7 heteroatoms. The van der Waals surface area contributed by atoms with Crippen LogP contribution < -0.4 is 24.8 Å². The van der Waals surface area contributed by atoms with Crippen LogP contribution in [0.25, 0.3) is 6.08 Å². The Hall–Kier alpha value is -0.367. The van der Waals surface area contributed by atoms with Crippen LogP contribution in [-0.4, -0.2) is 4.89 Å². The Morgan fingerprint density at radius 2 is 1.95 bits per heavy atom. The average molecular weight is 433 g/mol. The van der Waals surface area contributed by atoms with Crippen LogP contribution in [0.1, 0.15) is 14.8 Å². The molecule has 2 aliphatic carbocycles.